The first kappa shape index (κ1) is 18.9. The Morgan fingerprint density at radius 1 is 1.11 bits per heavy atom. The van der Waals surface area contributed by atoms with Crippen LogP contribution in [0.2, 0.25) is 5.02 Å². The Morgan fingerprint density at radius 2 is 1.93 bits per heavy atom. The molecule has 0 aliphatic rings. The van der Waals surface area contributed by atoms with E-state index in [2.05, 4.69) is 57.8 Å². The van der Waals surface area contributed by atoms with Gasteiger partial charge in [-0.25, -0.2) is 0 Å². The van der Waals surface area contributed by atoms with E-state index in [1.165, 1.54) is 16.7 Å². The molecule has 27 heavy (non-hydrogen) atoms. The smallest absolute Gasteiger partial charge is 0.246 e. The maximum Gasteiger partial charge on any atom is 0.246 e. The number of hydrogen-bond donors (Lipinski definition) is 2. The highest BCUT2D eigenvalue weighted by Gasteiger charge is 2.10. The summed E-state index contributed by atoms with van der Waals surface area (Å²) < 4.78 is 5.30. The highest BCUT2D eigenvalue weighted by molar-refractivity contribution is 6.30. The Morgan fingerprint density at radius 3 is 2.67 bits per heavy atom. The van der Waals surface area contributed by atoms with Crippen LogP contribution >= 0.6 is 11.6 Å². The van der Waals surface area contributed by atoms with Crippen LogP contribution < -0.4 is 10.6 Å². The molecule has 0 saturated heterocycles. The van der Waals surface area contributed by atoms with E-state index >= 15 is 0 Å². The van der Waals surface area contributed by atoms with E-state index in [0.29, 0.717) is 35.8 Å². The van der Waals surface area contributed by atoms with Gasteiger partial charge in [-0.15, -0.1) is 0 Å². The molecule has 1 heterocycles. The molecule has 3 rings (SSSR count). The van der Waals surface area contributed by atoms with Crippen molar-refractivity contribution in [2.45, 2.75) is 26.9 Å². The van der Waals surface area contributed by atoms with Gasteiger partial charge in [-0.3, -0.25) is 4.99 Å². The molecule has 0 radical (unpaired) electrons. The number of nitrogens with zero attached hydrogens (tertiary/aromatic N) is 3. The van der Waals surface area contributed by atoms with Crippen molar-refractivity contribution in [3.05, 3.63) is 70.1 Å². The van der Waals surface area contributed by atoms with Crippen LogP contribution in [-0.2, 0) is 13.1 Å². The average molecular weight is 384 g/mol. The highest BCUT2D eigenvalue weighted by Crippen LogP contribution is 2.19. The number of nitrogens with one attached hydrogen (secondary N) is 2. The van der Waals surface area contributed by atoms with Gasteiger partial charge in [0.15, 0.2) is 5.96 Å². The first-order valence-corrected chi connectivity index (χ1v) is 9.02. The topological polar surface area (TPSA) is 75.3 Å². The van der Waals surface area contributed by atoms with E-state index in [9.17, 15) is 0 Å². The average Bonchev–Trinajstić information content (AvgIpc) is 3.12. The lowest BCUT2D eigenvalue weighted by molar-refractivity contribution is 0.375. The molecule has 0 spiro atoms. The molecular formula is C20H22ClN5O. The van der Waals surface area contributed by atoms with Crippen LogP contribution in [-0.4, -0.2) is 23.1 Å². The van der Waals surface area contributed by atoms with Crippen LogP contribution in [0.1, 0.15) is 22.6 Å². The molecule has 1 aromatic heterocycles. The van der Waals surface area contributed by atoms with Crippen LogP contribution in [0.15, 0.2) is 52.0 Å². The Bertz CT molecular complexity index is 951. The fraction of sp³-hybridized carbons (Fsp3) is 0.250. The summed E-state index contributed by atoms with van der Waals surface area (Å²) in [5, 5.41) is 11.1. The van der Waals surface area contributed by atoms with Gasteiger partial charge in [0.05, 0.1) is 6.54 Å². The summed E-state index contributed by atoms with van der Waals surface area (Å²) in [6.45, 7) is 5.26. The lowest BCUT2D eigenvalue weighted by Gasteiger charge is -2.12. The highest BCUT2D eigenvalue weighted by atomic mass is 35.5. The van der Waals surface area contributed by atoms with Gasteiger partial charge in [0, 0.05) is 24.2 Å². The largest absolute Gasteiger partial charge is 0.352 e. The van der Waals surface area contributed by atoms with Gasteiger partial charge in [-0.1, -0.05) is 52.7 Å². The van der Waals surface area contributed by atoms with Crippen molar-refractivity contribution in [2.24, 2.45) is 4.99 Å². The second kappa shape index (κ2) is 8.68. The number of aromatic nitrogens is 2. The third-order valence-corrected chi connectivity index (χ3v) is 4.36. The van der Waals surface area contributed by atoms with Crippen LogP contribution in [0.5, 0.6) is 0 Å². The molecule has 0 unspecified atom stereocenters. The van der Waals surface area contributed by atoms with E-state index in [0.717, 1.165) is 5.56 Å². The second-order valence-corrected chi connectivity index (χ2v) is 6.67. The summed E-state index contributed by atoms with van der Waals surface area (Å²) in [6.07, 6.45) is 0. The molecule has 0 fully saturated rings. The zero-order valence-corrected chi connectivity index (χ0v) is 16.3. The molecule has 0 saturated carbocycles. The zero-order chi connectivity index (χ0) is 19.2. The molecule has 0 aliphatic heterocycles. The number of aryl methyl sites for hydroxylation is 2. The van der Waals surface area contributed by atoms with E-state index in [1.807, 2.05) is 12.1 Å². The summed E-state index contributed by atoms with van der Waals surface area (Å²) >= 11 is 6.01. The maximum absolute atomic E-state index is 6.01. The molecule has 0 bridgehead atoms. The molecule has 140 valence electrons. The first-order chi connectivity index (χ1) is 13.0. The van der Waals surface area contributed by atoms with Crippen LogP contribution in [0, 0.1) is 13.8 Å². The van der Waals surface area contributed by atoms with Gasteiger partial charge in [0.25, 0.3) is 0 Å². The third kappa shape index (κ3) is 5.08. The maximum atomic E-state index is 6.01. The van der Waals surface area contributed by atoms with Crippen LogP contribution in [0.3, 0.4) is 0 Å². The Hall–Kier alpha value is -2.86. The Balaban J connectivity index is 1.57. The number of hydrogen-bond acceptors (Lipinski definition) is 4. The lowest BCUT2D eigenvalue weighted by Crippen LogP contribution is -2.36. The fourth-order valence-corrected chi connectivity index (χ4v) is 2.86. The lowest BCUT2D eigenvalue weighted by atomic mass is 10.1. The van der Waals surface area contributed by atoms with E-state index in [-0.39, 0.29) is 0 Å². The molecule has 0 aliphatic carbocycles. The molecular weight excluding hydrogens is 362 g/mol. The Labute approximate surface area is 163 Å². The standard InChI is InChI=1S/C20H22ClN5O/c1-13-7-8-16(14(2)9-13)11-23-20(22-3)24-12-18-25-19(26-27-18)15-5-4-6-17(21)10-15/h4-10H,11-12H2,1-3H3,(H2,22,23,24). The summed E-state index contributed by atoms with van der Waals surface area (Å²) in [7, 11) is 1.72. The van der Waals surface area contributed by atoms with Gasteiger partial charge in [0.1, 0.15) is 0 Å². The van der Waals surface area contributed by atoms with Crippen LogP contribution in [0.25, 0.3) is 11.4 Å². The number of halogens is 1. The molecule has 6 nitrogen and oxygen atoms in total. The third-order valence-electron chi connectivity index (χ3n) is 4.13. The van der Waals surface area contributed by atoms with Gasteiger partial charge in [-0.2, -0.15) is 4.98 Å². The number of benzene rings is 2. The first-order valence-electron chi connectivity index (χ1n) is 8.64. The van der Waals surface area contributed by atoms with Crippen LogP contribution in [0.4, 0.5) is 0 Å². The van der Waals surface area contributed by atoms with Gasteiger partial charge in [0.2, 0.25) is 11.7 Å². The van der Waals surface area contributed by atoms with Crippen molar-refractivity contribution in [3.63, 3.8) is 0 Å². The predicted molar refractivity (Wildman–Crippen MR) is 108 cm³/mol. The monoisotopic (exact) mass is 383 g/mol. The van der Waals surface area contributed by atoms with Crippen molar-refractivity contribution in [1.29, 1.82) is 0 Å². The Kier molecular flexibility index (Phi) is 6.08. The fourth-order valence-electron chi connectivity index (χ4n) is 2.67. The van der Waals surface area contributed by atoms with E-state index < -0.39 is 0 Å². The molecule has 7 heteroatoms. The number of guanidine groups is 1. The molecule has 3 aromatic rings. The van der Waals surface area contributed by atoms with Crippen molar-refractivity contribution in [3.8, 4) is 11.4 Å². The minimum atomic E-state index is 0.375. The van der Waals surface area contributed by atoms with Gasteiger partial charge in [-0.05, 0) is 37.1 Å². The van der Waals surface area contributed by atoms with Crippen molar-refractivity contribution in [2.75, 3.05) is 7.05 Å². The SMILES string of the molecule is CN=C(NCc1nc(-c2cccc(Cl)c2)no1)NCc1ccc(C)cc1C. The molecule has 0 amide bonds. The predicted octanol–water partition coefficient (Wildman–Crippen LogP) is 3.87. The molecule has 2 aromatic carbocycles. The minimum Gasteiger partial charge on any atom is -0.352 e. The quantitative estimate of drug-likeness (QED) is 0.516. The molecule has 0 atom stereocenters. The van der Waals surface area contributed by atoms with Crippen molar-refractivity contribution >= 4 is 17.6 Å². The minimum absolute atomic E-state index is 0.375. The van der Waals surface area contributed by atoms with Gasteiger partial charge < -0.3 is 15.2 Å². The summed E-state index contributed by atoms with van der Waals surface area (Å²) in [6, 6.07) is 13.7. The number of rotatable bonds is 5. The summed E-state index contributed by atoms with van der Waals surface area (Å²) in [5.41, 5.74) is 4.55. The second-order valence-electron chi connectivity index (χ2n) is 6.23. The zero-order valence-electron chi connectivity index (χ0n) is 15.6. The molecule has 2 N–H and O–H groups in total. The van der Waals surface area contributed by atoms with E-state index in [1.54, 1.807) is 19.2 Å². The summed E-state index contributed by atoms with van der Waals surface area (Å²) in [4.78, 5) is 8.62. The van der Waals surface area contributed by atoms with Crippen molar-refractivity contribution in [1.82, 2.24) is 20.8 Å². The summed E-state index contributed by atoms with van der Waals surface area (Å²) in [5.74, 6) is 1.64. The van der Waals surface area contributed by atoms with E-state index in [4.69, 9.17) is 16.1 Å². The van der Waals surface area contributed by atoms with Crippen molar-refractivity contribution < 1.29 is 4.52 Å². The number of aliphatic imine (C=N–C) groups is 1. The normalized spacial score (nSPS) is 11.5. The van der Waals surface area contributed by atoms with Gasteiger partial charge >= 0.3 is 0 Å².